The van der Waals surface area contributed by atoms with E-state index >= 15 is 0 Å². The lowest BCUT2D eigenvalue weighted by Gasteiger charge is -2.38. The van der Waals surface area contributed by atoms with Gasteiger partial charge in [-0.1, -0.05) is 0 Å². The normalized spacial score (nSPS) is 26.7. The molecular formula is C18H23F3N2O4. The van der Waals surface area contributed by atoms with Gasteiger partial charge in [-0.15, -0.1) is 0 Å². The second-order valence-electron chi connectivity index (χ2n) is 6.82. The van der Waals surface area contributed by atoms with Crippen LogP contribution in [0.5, 0.6) is 0 Å². The van der Waals surface area contributed by atoms with Crippen LogP contribution in [-0.4, -0.2) is 57.1 Å². The zero-order chi connectivity index (χ0) is 19.6. The summed E-state index contributed by atoms with van der Waals surface area (Å²) in [4.78, 5) is 13.8. The second kappa shape index (κ2) is 8.04. The number of carbonyl (C=O) groups excluding carboxylic acids is 1. The van der Waals surface area contributed by atoms with Gasteiger partial charge in [0.2, 0.25) is 0 Å². The van der Waals surface area contributed by atoms with E-state index < -0.39 is 23.8 Å². The summed E-state index contributed by atoms with van der Waals surface area (Å²) in [7, 11) is 0. The van der Waals surface area contributed by atoms with Crippen molar-refractivity contribution < 1.29 is 32.2 Å². The minimum Gasteiger partial charge on any atom is -0.376 e. The number of nitrogens with zero attached hydrogens (tertiary/aromatic N) is 1. The number of anilines is 2. The molecule has 2 aliphatic rings. The molecule has 3 rings (SSSR count). The van der Waals surface area contributed by atoms with Crippen molar-refractivity contribution >= 4 is 17.3 Å². The van der Waals surface area contributed by atoms with E-state index in [1.165, 1.54) is 12.1 Å². The van der Waals surface area contributed by atoms with Crippen molar-refractivity contribution in [2.45, 2.75) is 38.3 Å². The minimum absolute atomic E-state index is 0.0691. The van der Waals surface area contributed by atoms with E-state index in [2.05, 4.69) is 5.32 Å². The van der Waals surface area contributed by atoms with Gasteiger partial charge in [0.15, 0.2) is 6.10 Å². The van der Waals surface area contributed by atoms with Crippen molar-refractivity contribution in [3.05, 3.63) is 23.8 Å². The van der Waals surface area contributed by atoms with Crippen molar-refractivity contribution in [1.29, 1.82) is 0 Å². The van der Waals surface area contributed by atoms with Gasteiger partial charge in [-0.25, -0.2) is 0 Å². The number of alkyl halides is 3. The summed E-state index contributed by atoms with van der Waals surface area (Å²) in [5.41, 5.74) is -0.637. The van der Waals surface area contributed by atoms with Gasteiger partial charge < -0.3 is 24.4 Å². The number of rotatable bonds is 3. The third-order valence-electron chi connectivity index (χ3n) is 4.44. The Bertz CT molecular complexity index is 667. The maximum absolute atomic E-state index is 13.7. The number of carbonyl (C=O) groups is 1. The number of nitrogens with one attached hydrogen (secondary N) is 1. The smallest absolute Gasteiger partial charge is 0.376 e. The van der Waals surface area contributed by atoms with E-state index in [1.807, 2.05) is 13.8 Å². The highest BCUT2D eigenvalue weighted by atomic mass is 19.4. The topological polar surface area (TPSA) is 60.0 Å². The fourth-order valence-corrected chi connectivity index (χ4v) is 3.35. The average Bonchev–Trinajstić information content (AvgIpc) is 2.61. The molecule has 0 unspecified atom stereocenters. The van der Waals surface area contributed by atoms with Crippen LogP contribution in [0.3, 0.4) is 0 Å². The molecule has 6 nitrogen and oxygen atoms in total. The molecule has 1 aromatic carbocycles. The van der Waals surface area contributed by atoms with Crippen LogP contribution >= 0.6 is 0 Å². The SMILES string of the molecule is C[C@@H]1CN(c2ccc(NC(=O)[C@H]3COCCO3)cc2C(F)(F)F)C[C@@H](C)O1. The number of halogens is 3. The summed E-state index contributed by atoms with van der Waals surface area (Å²) in [5, 5.41) is 2.48. The molecule has 2 aliphatic heterocycles. The minimum atomic E-state index is -4.55. The van der Waals surface area contributed by atoms with Crippen LogP contribution in [0.1, 0.15) is 19.4 Å². The number of hydrogen-bond acceptors (Lipinski definition) is 5. The number of morpholine rings is 1. The maximum Gasteiger partial charge on any atom is 0.418 e. The van der Waals surface area contributed by atoms with Crippen LogP contribution in [-0.2, 0) is 25.2 Å². The molecule has 27 heavy (non-hydrogen) atoms. The molecule has 1 N–H and O–H groups in total. The Morgan fingerprint density at radius 3 is 2.48 bits per heavy atom. The molecule has 1 amide bonds. The molecule has 0 aromatic heterocycles. The van der Waals surface area contributed by atoms with Crippen LogP contribution in [0.25, 0.3) is 0 Å². The summed E-state index contributed by atoms with van der Waals surface area (Å²) >= 11 is 0. The zero-order valence-electron chi connectivity index (χ0n) is 15.2. The predicted molar refractivity (Wildman–Crippen MR) is 92.9 cm³/mol. The third kappa shape index (κ3) is 4.91. The van der Waals surface area contributed by atoms with Gasteiger partial charge in [-0.2, -0.15) is 13.2 Å². The molecular weight excluding hydrogens is 365 g/mol. The van der Waals surface area contributed by atoms with Crippen molar-refractivity contribution in [1.82, 2.24) is 0 Å². The Kier molecular flexibility index (Phi) is 5.92. The van der Waals surface area contributed by atoms with Gasteiger partial charge in [-0.3, -0.25) is 4.79 Å². The van der Waals surface area contributed by atoms with E-state index in [0.717, 1.165) is 6.07 Å². The molecule has 0 spiro atoms. The van der Waals surface area contributed by atoms with Gasteiger partial charge in [0, 0.05) is 24.5 Å². The lowest BCUT2D eigenvalue weighted by Crippen LogP contribution is -2.46. The molecule has 0 aliphatic carbocycles. The van der Waals surface area contributed by atoms with E-state index in [0.29, 0.717) is 19.7 Å². The van der Waals surface area contributed by atoms with Crippen molar-refractivity contribution in [3.8, 4) is 0 Å². The Labute approximate surface area is 155 Å². The molecule has 0 bridgehead atoms. The molecule has 3 atom stereocenters. The Morgan fingerprint density at radius 2 is 1.89 bits per heavy atom. The fourth-order valence-electron chi connectivity index (χ4n) is 3.35. The van der Waals surface area contributed by atoms with Gasteiger partial charge >= 0.3 is 6.18 Å². The summed E-state index contributed by atoms with van der Waals surface area (Å²) < 4.78 is 57.0. The quantitative estimate of drug-likeness (QED) is 0.863. The van der Waals surface area contributed by atoms with Gasteiger partial charge in [0.05, 0.1) is 37.6 Å². The van der Waals surface area contributed by atoms with Crippen LogP contribution in [0.15, 0.2) is 18.2 Å². The van der Waals surface area contributed by atoms with Crippen molar-refractivity contribution in [3.63, 3.8) is 0 Å². The molecule has 2 fully saturated rings. The highest BCUT2D eigenvalue weighted by molar-refractivity contribution is 5.94. The van der Waals surface area contributed by atoms with Gasteiger partial charge in [0.1, 0.15) is 0 Å². The molecule has 9 heteroatoms. The number of amides is 1. The van der Waals surface area contributed by atoms with Crippen LogP contribution in [0.2, 0.25) is 0 Å². The molecule has 0 radical (unpaired) electrons. The first-order valence-electron chi connectivity index (χ1n) is 8.86. The van der Waals surface area contributed by atoms with E-state index in [4.69, 9.17) is 14.2 Å². The van der Waals surface area contributed by atoms with Gasteiger partial charge in [0.25, 0.3) is 5.91 Å². The summed E-state index contributed by atoms with van der Waals surface area (Å²) in [5.74, 6) is -0.524. The van der Waals surface area contributed by atoms with Crippen molar-refractivity contribution in [2.24, 2.45) is 0 Å². The first kappa shape index (κ1) is 19.9. The number of hydrogen-bond donors (Lipinski definition) is 1. The zero-order valence-corrected chi connectivity index (χ0v) is 15.2. The summed E-state index contributed by atoms with van der Waals surface area (Å²) in [6.45, 7) is 5.15. The molecule has 1 aromatic rings. The largest absolute Gasteiger partial charge is 0.418 e. The Morgan fingerprint density at radius 1 is 1.19 bits per heavy atom. The average molecular weight is 388 g/mol. The monoisotopic (exact) mass is 388 g/mol. The Balaban J connectivity index is 1.82. The molecule has 150 valence electrons. The van der Waals surface area contributed by atoms with E-state index in [-0.39, 0.29) is 36.8 Å². The van der Waals surface area contributed by atoms with E-state index in [1.54, 1.807) is 4.90 Å². The summed E-state index contributed by atoms with van der Waals surface area (Å²) in [6, 6.07) is 3.82. The maximum atomic E-state index is 13.7. The third-order valence-corrected chi connectivity index (χ3v) is 4.44. The standard InChI is InChI=1S/C18H23F3N2O4/c1-11-8-23(9-12(2)27-11)15-4-3-13(7-14(15)18(19,20)21)22-17(24)16-10-25-5-6-26-16/h3-4,7,11-12,16H,5-6,8-10H2,1-2H3,(H,22,24)/t11-,12-,16-/m1/s1. The van der Waals surface area contributed by atoms with Crippen LogP contribution < -0.4 is 10.2 Å². The first-order chi connectivity index (χ1) is 12.7. The number of ether oxygens (including phenoxy) is 3. The summed E-state index contributed by atoms with van der Waals surface area (Å²) in [6.07, 6.45) is -5.71. The first-order valence-corrected chi connectivity index (χ1v) is 8.86. The predicted octanol–water partition coefficient (Wildman–Crippen LogP) is 2.67. The Hall–Kier alpha value is -1.84. The number of benzene rings is 1. The molecule has 2 heterocycles. The molecule has 0 saturated carbocycles. The highest BCUT2D eigenvalue weighted by Gasteiger charge is 2.37. The lowest BCUT2D eigenvalue weighted by atomic mass is 10.1. The molecule has 2 saturated heterocycles. The van der Waals surface area contributed by atoms with Crippen molar-refractivity contribution in [2.75, 3.05) is 43.1 Å². The van der Waals surface area contributed by atoms with Crippen LogP contribution in [0.4, 0.5) is 24.5 Å². The van der Waals surface area contributed by atoms with E-state index in [9.17, 15) is 18.0 Å². The second-order valence-corrected chi connectivity index (χ2v) is 6.82. The lowest BCUT2D eigenvalue weighted by molar-refractivity contribution is -0.142. The van der Waals surface area contributed by atoms with Gasteiger partial charge in [-0.05, 0) is 32.0 Å². The fraction of sp³-hybridized carbons (Fsp3) is 0.611. The van der Waals surface area contributed by atoms with Crippen LogP contribution in [0, 0.1) is 0 Å². The highest BCUT2D eigenvalue weighted by Crippen LogP contribution is 2.39.